The lowest BCUT2D eigenvalue weighted by Gasteiger charge is -2.31. The summed E-state index contributed by atoms with van der Waals surface area (Å²) in [4.78, 5) is 18.6. The van der Waals surface area contributed by atoms with Crippen LogP contribution in [0.2, 0.25) is 0 Å². The third-order valence-corrected chi connectivity index (χ3v) is 6.92. The molecule has 5 rings (SSSR count). The Morgan fingerprint density at radius 1 is 1.18 bits per heavy atom. The fraction of sp³-hybridized carbons (Fsp3) is 0.357. The molecule has 0 bridgehead atoms. The molecule has 3 aromatic rings. The summed E-state index contributed by atoms with van der Waals surface area (Å²) in [5.74, 6) is 1.09. The molecule has 2 aromatic carbocycles. The smallest absolute Gasteiger partial charge is 0.220 e. The average molecular weight is 442 g/mol. The van der Waals surface area contributed by atoms with Crippen LogP contribution in [0, 0.1) is 5.92 Å². The number of nitrogens with one attached hydrogen (secondary N) is 1. The lowest BCUT2D eigenvalue weighted by Crippen LogP contribution is -2.26. The molecule has 33 heavy (non-hydrogen) atoms. The van der Waals surface area contributed by atoms with Crippen LogP contribution in [-0.4, -0.2) is 35.0 Å². The topological polar surface area (TPSA) is 54.5 Å². The number of benzene rings is 2. The molecule has 1 amide bonds. The summed E-state index contributed by atoms with van der Waals surface area (Å²) in [5.41, 5.74) is 5.67. The first-order valence-corrected chi connectivity index (χ1v) is 11.9. The quantitative estimate of drug-likeness (QED) is 0.564. The number of amides is 1. The Bertz CT molecular complexity index is 1170. The molecule has 2 fully saturated rings. The number of allylic oxidation sites excluding steroid dienone is 1. The van der Waals surface area contributed by atoms with E-state index in [0.29, 0.717) is 13.0 Å². The average Bonchev–Trinajstić information content (AvgIpc) is 3.27. The van der Waals surface area contributed by atoms with Gasteiger partial charge in [0.1, 0.15) is 11.9 Å². The molecule has 1 unspecified atom stereocenters. The van der Waals surface area contributed by atoms with Crippen LogP contribution in [0.4, 0.5) is 0 Å². The highest BCUT2D eigenvalue weighted by Gasteiger charge is 2.28. The highest BCUT2D eigenvalue weighted by atomic mass is 16.5. The van der Waals surface area contributed by atoms with E-state index in [1.807, 2.05) is 25.3 Å². The largest absolute Gasteiger partial charge is 0.490 e. The first-order valence-electron chi connectivity index (χ1n) is 11.9. The van der Waals surface area contributed by atoms with Gasteiger partial charge in [-0.15, -0.1) is 0 Å². The van der Waals surface area contributed by atoms with Gasteiger partial charge in [0.05, 0.1) is 5.52 Å². The van der Waals surface area contributed by atoms with Crippen LogP contribution >= 0.6 is 0 Å². The molecule has 2 saturated heterocycles. The second-order valence-corrected chi connectivity index (χ2v) is 9.28. The van der Waals surface area contributed by atoms with Crippen molar-refractivity contribution in [1.82, 2.24) is 15.2 Å². The van der Waals surface area contributed by atoms with Gasteiger partial charge in [0.25, 0.3) is 0 Å². The van der Waals surface area contributed by atoms with Crippen LogP contribution in [0.5, 0.6) is 5.75 Å². The number of nitrogens with zero attached hydrogens (tertiary/aromatic N) is 2. The summed E-state index contributed by atoms with van der Waals surface area (Å²) in [6.07, 6.45) is 5.86. The number of hydrogen-bond acceptors (Lipinski definition) is 4. The Kier molecular flexibility index (Phi) is 6.03. The Morgan fingerprint density at radius 3 is 2.79 bits per heavy atom. The maximum Gasteiger partial charge on any atom is 0.220 e. The predicted molar refractivity (Wildman–Crippen MR) is 132 cm³/mol. The van der Waals surface area contributed by atoms with Crippen LogP contribution < -0.4 is 10.1 Å². The molecule has 0 saturated carbocycles. The Morgan fingerprint density at radius 2 is 2.03 bits per heavy atom. The molecule has 5 heteroatoms. The number of carbonyl (C=O) groups excluding carboxylic acids is 1. The third kappa shape index (κ3) is 4.72. The second kappa shape index (κ2) is 9.26. The highest BCUT2D eigenvalue weighted by molar-refractivity contribution is 5.90. The first-order chi connectivity index (χ1) is 16.1. The SMILES string of the molecule is C=C1CCCCN1Cc1ccc(-c2cc(O[C@H](C)C3CNC(=O)C3)c3cccnc3c2)cc1. The van der Waals surface area contributed by atoms with Crippen LogP contribution in [-0.2, 0) is 11.3 Å². The summed E-state index contributed by atoms with van der Waals surface area (Å²) in [6.45, 7) is 8.96. The van der Waals surface area contributed by atoms with Crippen molar-refractivity contribution in [2.45, 2.75) is 45.3 Å². The van der Waals surface area contributed by atoms with Crippen LogP contribution in [0.1, 0.15) is 38.2 Å². The minimum Gasteiger partial charge on any atom is -0.490 e. The van der Waals surface area contributed by atoms with E-state index in [4.69, 9.17) is 4.74 Å². The number of piperidine rings is 1. The van der Waals surface area contributed by atoms with Crippen LogP contribution in [0.15, 0.2) is 67.0 Å². The standard InChI is InChI=1S/C28H31N3O2/c1-19-6-3-4-13-31(19)18-21-8-10-22(11-9-21)23-14-26-25(7-5-12-29-26)27(15-23)33-20(2)24-16-28(32)30-17-24/h5,7-12,14-15,20,24H,1,3-4,6,13,16-18H2,2H3,(H,30,32)/t20-,24?/m1/s1. The van der Waals surface area contributed by atoms with E-state index in [0.717, 1.165) is 47.3 Å². The van der Waals surface area contributed by atoms with Crippen molar-refractivity contribution >= 4 is 16.8 Å². The molecule has 2 aliphatic rings. The zero-order chi connectivity index (χ0) is 22.8. The number of likely N-dealkylation sites (tertiary alicyclic amines) is 1. The van der Waals surface area contributed by atoms with Gasteiger partial charge in [-0.05, 0) is 67.1 Å². The van der Waals surface area contributed by atoms with Crippen LogP contribution in [0.25, 0.3) is 22.0 Å². The van der Waals surface area contributed by atoms with E-state index in [2.05, 4.69) is 58.2 Å². The van der Waals surface area contributed by atoms with Gasteiger partial charge in [-0.25, -0.2) is 0 Å². The maximum atomic E-state index is 11.6. The van der Waals surface area contributed by atoms with Crippen molar-refractivity contribution in [3.05, 3.63) is 72.6 Å². The van der Waals surface area contributed by atoms with E-state index < -0.39 is 0 Å². The van der Waals surface area contributed by atoms with E-state index in [9.17, 15) is 4.79 Å². The van der Waals surface area contributed by atoms with Gasteiger partial charge in [0.2, 0.25) is 5.91 Å². The highest BCUT2D eigenvalue weighted by Crippen LogP contribution is 2.34. The molecular weight excluding hydrogens is 410 g/mol. The third-order valence-electron chi connectivity index (χ3n) is 6.92. The van der Waals surface area contributed by atoms with E-state index >= 15 is 0 Å². The van der Waals surface area contributed by atoms with Gasteiger partial charge in [-0.3, -0.25) is 9.78 Å². The van der Waals surface area contributed by atoms with E-state index in [1.54, 1.807) is 0 Å². The summed E-state index contributed by atoms with van der Waals surface area (Å²) in [7, 11) is 0. The van der Waals surface area contributed by atoms with Crippen molar-refractivity contribution < 1.29 is 9.53 Å². The molecular formula is C28H31N3O2. The number of pyridine rings is 1. The number of fused-ring (bicyclic) bond motifs is 1. The Balaban J connectivity index is 1.39. The summed E-state index contributed by atoms with van der Waals surface area (Å²) in [5, 5.41) is 3.90. The molecule has 3 heterocycles. The molecule has 1 aromatic heterocycles. The fourth-order valence-electron chi connectivity index (χ4n) is 4.83. The molecule has 0 radical (unpaired) electrons. The summed E-state index contributed by atoms with van der Waals surface area (Å²) in [6, 6.07) is 17.0. The lowest BCUT2D eigenvalue weighted by molar-refractivity contribution is -0.119. The van der Waals surface area contributed by atoms with Gasteiger partial charge >= 0.3 is 0 Å². The van der Waals surface area contributed by atoms with E-state index in [-0.39, 0.29) is 17.9 Å². The van der Waals surface area contributed by atoms with Gasteiger partial charge in [0.15, 0.2) is 0 Å². The van der Waals surface area contributed by atoms with Gasteiger partial charge in [0, 0.05) is 49.3 Å². The Labute approximate surface area is 195 Å². The number of carbonyl (C=O) groups is 1. The maximum absolute atomic E-state index is 11.6. The van der Waals surface area contributed by atoms with Crippen molar-refractivity contribution in [3.8, 4) is 16.9 Å². The molecule has 1 N–H and O–H groups in total. The number of rotatable bonds is 6. The summed E-state index contributed by atoms with van der Waals surface area (Å²) >= 11 is 0. The minimum absolute atomic E-state index is 0.0670. The zero-order valence-corrected chi connectivity index (χ0v) is 19.2. The molecule has 2 aliphatic heterocycles. The van der Waals surface area contributed by atoms with Gasteiger partial charge in [-0.2, -0.15) is 0 Å². The van der Waals surface area contributed by atoms with E-state index in [1.165, 1.54) is 24.1 Å². The van der Waals surface area contributed by atoms with Crippen molar-refractivity contribution in [3.63, 3.8) is 0 Å². The normalized spacial score (nSPS) is 19.5. The zero-order valence-electron chi connectivity index (χ0n) is 19.2. The van der Waals surface area contributed by atoms with Crippen molar-refractivity contribution in [1.29, 1.82) is 0 Å². The molecule has 170 valence electrons. The van der Waals surface area contributed by atoms with Gasteiger partial charge in [-0.1, -0.05) is 30.8 Å². The van der Waals surface area contributed by atoms with Gasteiger partial charge < -0.3 is 15.0 Å². The molecule has 0 aliphatic carbocycles. The monoisotopic (exact) mass is 441 g/mol. The second-order valence-electron chi connectivity index (χ2n) is 9.28. The molecule has 0 spiro atoms. The van der Waals surface area contributed by atoms with Crippen LogP contribution in [0.3, 0.4) is 0 Å². The number of aromatic nitrogens is 1. The van der Waals surface area contributed by atoms with Crippen molar-refractivity contribution in [2.75, 3.05) is 13.1 Å². The van der Waals surface area contributed by atoms with Crippen molar-refractivity contribution in [2.24, 2.45) is 5.92 Å². The lowest BCUT2D eigenvalue weighted by atomic mass is 10.00. The number of hydrogen-bond donors (Lipinski definition) is 1. The fourth-order valence-corrected chi connectivity index (χ4v) is 4.83. The summed E-state index contributed by atoms with van der Waals surface area (Å²) < 4.78 is 6.41. The predicted octanol–water partition coefficient (Wildman–Crippen LogP) is 5.30. The molecule has 2 atom stereocenters. The molecule has 5 nitrogen and oxygen atoms in total. The first kappa shape index (κ1) is 21.5. The number of ether oxygens (including phenoxy) is 1. The Hall–Kier alpha value is -3.34. The minimum atomic E-state index is -0.0670.